The second kappa shape index (κ2) is 22.9. The topological polar surface area (TPSA) is 179 Å². The minimum Gasteiger partial charge on any atom is -0.508 e. The third-order valence-electron chi connectivity index (χ3n) is 13.1. The number of hydrogen-bond donors (Lipinski definition) is 3. The molecule has 0 unspecified atom stereocenters. The van der Waals surface area contributed by atoms with Gasteiger partial charge in [0.15, 0.2) is 5.82 Å². The number of nitrogens with zero attached hydrogens (tertiary/aromatic N) is 6. The van der Waals surface area contributed by atoms with Gasteiger partial charge in [0.05, 0.1) is 47.0 Å². The zero-order valence-electron chi connectivity index (χ0n) is 41.1. The maximum atomic E-state index is 16.3. The molecule has 3 atom stereocenters. The molecule has 0 saturated carbocycles. The smallest absolute Gasteiger partial charge is 0.246 e. The number of aromatic hydroxyl groups is 1. The molecule has 2 saturated heterocycles. The van der Waals surface area contributed by atoms with Gasteiger partial charge in [0.25, 0.3) is 0 Å². The van der Waals surface area contributed by atoms with Crippen LogP contribution in [0.4, 0.5) is 10.2 Å². The van der Waals surface area contributed by atoms with Crippen LogP contribution in [0.1, 0.15) is 64.3 Å². The normalized spacial score (nSPS) is 16.2. The average molecular weight is 1020 g/mol. The highest BCUT2D eigenvalue weighted by Crippen LogP contribution is 2.42. The lowest BCUT2D eigenvalue weighted by molar-refractivity contribution is -0.144. The molecule has 6 aromatic rings. The largest absolute Gasteiger partial charge is 0.508 e. The quantitative estimate of drug-likeness (QED) is 0.0590. The molecule has 15 nitrogen and oxygen atoms in total. The number of fused-ring (bicyclic) bond motifs is 2. The number of piperazine rings is 1. The first-order valence-corrected chi connectivity index (χ1v) is 25.5. The number of benzene rings is 4. The van der Waals surface area contributed by atoms with Crippen LogP contribution in [0.2, 0.25) is 5.02 Å². The van der Waals surface area contributed by atoms with Crippen LogP contribution < -0.4 is 15.5 Å². The van der Waals surface area contributed by atoms with E-state index in [-0.39, 0.29) is 65.4 Å². The van der Waals surface area contributed by atoms with Crippen molar-refractivity contribution in [2.45, 2.75) is 72.0 Å². The Labute approximate surface area is 427 Å². The van der Waals surface area contributed by atoms with E-state index in [4.69, 9.17) is 21.1 Å². The summed E-state index contributed by atoms with van der Waals surface area (Å²) in [4.78, 5) is 73.3. The Morgan fingerprint density at radius 1 is 0.931 bits per heavy atom. The Balaban J connectivity index is 0.741. The van der Waals surface area contributed by atoms with E-state index in [2.05, 4.69) is 25.6 Å². The van der Waals surface area contributed by atoms with Crippen LogP contribution in [-0.4, -0.2) is 125 Å². The first-order valence-electron chi connectivity index (χ1n) is 24.2. The van der Waals surface area contributed by atoms with Gasteiger partial charge >= 0.3 is 0 Å². The zero-order valence-corrected chi connectivity index (χ0v) is 42.7. The second-order valence-corrected chi connectivity index (χ2v) is 20.5. The van der Waals surface area contributed by atoms with E-state index in [0.29, 0.717) is 75.4 Å². The van der Waals surface area contributed by atoms with Crippen molar-refractivity contribution in [1.29, 1.82) is 0 Å². The van der Waals surface area contributed by atoms with Crippen molar-refractivity contribution < 1.29 is 38.1 Å². The van der Waals surface area contributed by atoms with Crippen LogP contribution in [0.15, 0.2) is 90.7 Å². The van der Waals surface area contributed by atoms with Gasteiger partial charge < -0.3 is 39.9 Å². The van der Waals surface area contributed by atoms with E-state index in [1.165, 1.54) is 18.5 Å². The number of thiazole rings is 1. The van der Waals surface area contributed by atoms with E-state index >= 15 is 4.39 Å². The molecular formula is C54H60ClFN8O7S. The van der Waals surface area contributed by atoms with Crippen LogP contribution in [-0.2, 0) is 28.7 Å². The summed E-state index contributed by atoms with van der Waals surface area (Å²) >= 11 is 8.36. The van der Waals surface area contributed by atoms with E-state index in [1.54, 1.807) is 39.3 Å². The molecule has 4 heterocycles. The van der Waals surface area contributed by atoms with Gasteiger partial charge in [-0.1, -0.05) is 87.0 Å². The predicted octanol–water partition coefficient (Wildman–Crippen LogP) is 8.41. The Morgan fingerprint density at radius 3 is 2.42 bits per heavy atom. The SMILES string of the molecule is Cc1ncsc1-c1ccc([C@H](C)NC(=O)[C@@H]2CCCN2C(=O)[C@@H](NC(=O)COCCOCC/C=C/C(=O)N2CCN(c3ncnc4c(F)c(-c5cc(O)cc6ccccc56)c(Cl)cc34)CC2)C(C)(C)C)cc1. The Kier molecular flexibility index (Phi) is 16.5. The third-order valence-corrected chi connectivity index (χ3v) is 14.4. The molecule has 2 fully saturated rings. The maximum absolute atomic E-state index is 16.3. The van der Waals surface area contributed by atoms with Crippen LogP contribution in [0.25, 0.3) is 43.2 Å². The highest BCUT2D eigenvalue weighted by atomic mass is 35.5. The summed E-state index contributed by atoms with van der Waals surface area (Å²) in [5, 5.41) is 18.5. The first kappa shape index (κ1) is 51.8. The molecule has 8 rings (SSSR count). The standard InChI is InChI=1S/C54H60ClFN8O7S/c1-33(35-15-17-36(18-16-35)49-34(2)59-32-72-49)60-52(68)43-13-10-19-64(43)53(69)50(54(3,4)5)61-44(66)30-71-26-25-70-24-9-8-14-45(67)62-20-22-63(23-21-62)51-41-29-42(55)46(47(56)48(41)57-31-58-51)40-28-38(65)27-37-11-6-7-12-39(37)40/h6-8,11-12,14-18,27-29,31-33,43,50,65H,9-10,13,19-26,30H2,1-5H3,(H,60,68)(H,61,66)/b14-8+/t33-,43-,50+/m0/s1. The van der Waals surface area contributed by atoms with Gasteiger partial charge in [-0.15, -0.1) is 11.3 Å². The van der Waals surface area contributed by atoms with Gasteiger partial charge in [-0.3, -0.25) is 19.2 Å². The highest BCUT2D eigenvalue weighted by Gasteiger charge is 2.42. The van der Waals surface area contributed by atoms with Gasteiger partial charge in [-0.2, -0.15) is 0 Å². The monoisotopic (exact) mass is 1020 g/mol. The molecule has 4 amide bonds. The number of aromatic nitrogens is 3. The van der Waals surface area contributed by atoms with Crippen LogP contribution in [0, 0.1) is 18.2 Å². The molecular weight excluding hydrogens is 959 g/mol. The van der Waals surface area contributed by atoms with Crippen LogP contribution in [0.5, 0.6) is 5.75 Å². The first-order chi connectivity index (χ1) is 34.6. The molecule has 4 aromatic carbocycles. The van der Waals surface area contributed by atoms with Gasteiger partial charge in [-0.25, -0.2) is 19.3 Å². The number of ether oxygens (including phenoxy) is 2. The van der Waals surface area contributed by atoms with E-state index < -0.39 is 29.2 Å². The fraction of sp³-hybridized carbons (Fsp3) is 0.389. The van der Waals surface area contributed by atoms with E-state index in [1.807, 2.05) is 93.6 Å². The summed E-state index contributed by atoms with van der Waals surface area (Å²) in [7, 11) is 0. The molecule has 3 N–H and O–H groups in total. The summed E-state index contributed by atoms with van der Waals surface area (Å²) in [5.41, 5.74) is 4.89. The average Bonchev–Trinajstić information content (AvgIpc) is 4.04. The van der Waals surface area contributed by atoms with Crippen molar-refractivity contribution >= 4 is 74.1 Å². The molecule has 2 aliphatic heterocycles. The van der Waals surface area contributed by atoms with Crippen molar-refractivity contribution in [1.82, 2.24) is 35.4 Å². The minimum absolute atomic E-state index is 0.00735. The molecule has 2 aromatic heterocycles. The number of carbonyl (C=O) groups excluding carboxylic acids is 4. The predicted molar refractivity (Wildman–Crippen MR) is 278 cm³/mol. The van der Waals surface area contributed by atoms with Crippen molar-refractivity contribution in [3.05, 3.63) is 113 Å². The number of hydrogen-bond acceptors (Lipinski definition) is 12. The maximum Gasteiger partial charge on any atom is 0.246 e. The van der Waals surface area contributed by atoms with Crippen molar-refractivity contribution in [3.8, 4) is 27.3 Å². The van der Waals surface area contributed by atoms with Gasteiger partial charge in [-0.05, 0) is 90.3 Å². The van der Waals surface area contributed by atoms with Crippen LogP contribution in [0.3, 0.4) is 0 Å². The van der Waals surface area contributed by atoms with Gasteiger partial charge in [0.2, 0.25) is 23.6 Å². The van der Waals surface area contributed by atoms with Crippen molar-refractivity contribution in [2.24, 2.45) is 5.41 Å². The number of nitrogens with one attached hydrogen (secondary N) is 2. The summed E-state index contributed by atoms with van der Waals surface area (Å²) in [5.74, 6) is -1.23. The van der Waals surface area contributed by atoms with Crippen molar-refractivity contribution in [3.63, 3.8) is 0 Å². The Hall–Kier alpha value is -6.53. The molecule has 0 bridgehead atoms. The van der Waals surface area contributed by atoms with Gasteiger partial charge in [0, 0.05) is 43.7 Å². The number of carbonyl (C=O) groups is 4. The molecule has 0 radical (unpaired) electrons. The molecule has 2 aliphatic rings. The van der Waals surface area contributed by atoms with Gasteiger partial charge in [0.1, 0.15) is 42.1 Å². The summed E-state index contributed by atoms with van der Waals surface area (Å²) in [6.07, 6.45) is 6.28. The number of phenolic OH excluding ortho intramolecular Hbond substituents is 1. The lowest BCUT2D eigenvalue weighted by Gasteiger charge is -2.35. The van der Waals surface area contributed by atoms with E-state index in [9.17, 15) is 24.3 Å². The number of likely N-dealkylation sites (tertiary alicyclic amines) is 1. The summed E-state index contributed by atoms with van der Waals surface area (Å²) in [6.45, 7) is 12.1. The fourth-order valence-corrected chi connectivity index (χ4v) is 10.4. The van der Waals surface area contributed by atoms with E-state index in [0.717, 1.165) is 32.5 Å². The number of anilines is 1. The number of amides is 4. The van der Waals surface area contributed by atoms with Crippen molar-refractivity contribution in [2.75, 3.05) is 64.1 Å². The highest BCUT2D eigenvalue weighted by molar-refractivity contribution is 7.13. The molecule has 378 valence electrons. The molecule has 18 heteroatoms. The second-order valence-electron chi connectivity index (χ2n) is 19.2. The summed E-state index contributed by atoms with van der Waals surface area (Å²) in [6, 6.07) is 18.4. The number of phenols is 1. The molecule has 72 heavy (non-hydrogen) atoms. The van der Waals surface area contributed by atoms with Crippen LogP contribution >= 0.6 is 22.9 Å². The number of halogens is 2. The molecule has 0 aliphatic carbocycles. The number of aryl methyl sites for hydroxylation is 1. The minimum atomic E-state index is -0.879. The third kappa shape index (κ3) is 11.9. The lowest BCUT2D eigenvalue weighted by atomic mass is 9.85. The Bertz CT molecular complexity index is 2970. The molecule has 0 spiro atoms. The fourth-order valence-electron chi connectivity index (χ4n) is 9.30. The summed E-state index contributed by atoms with van der Waals surface area (Å²) < 4.78 is 27.6. The number of rotatable bonds is 17. The Morgan fingerprint density at radius 2 is 1.68 bits per heavy atom. The zero-order chi connectivity index (χ0) is 51.1. The lowest BCUT2D eigenvalue weighted by Crippen LogP contribution is -2.58.